The van der Waals surface area contributed by atoms with Crippen LogP contribution in [0.2, 0.25) is 0 Å². The molecule has 1 aliphatic heterocycles. The first-order valence-electron chi connectivity index (χ1n) is 20.4. The Kier molecular flexibility index (Phi) is 10.7. The Balaban J connectivity index is 0.00000464. The van der Waals surface area contributed by atoms with Crippen molar-refractivity contribution in [2.24, 2.45) is 56.7 Å². The summed E-state index contributed by atoms with van der Waals surface area (Å²) in [5.74, 6) is 2.58. The molecule has 2 N–H and O–H groups in total. The molecule has 0 unspecified atom stereocenters. The number of nitrogens with one attached hydrogen (secondary N) is 1. The Labute approximate surface area is 320 Å². The minimum atomic E-state index is -2.87. The molecule has 0 amide bonds. The lowest BCUT2D eigenvalue weighted by molar-refractivity contribution is -0.221. The summed E-state index contributed by atoms with van der Waals surface area (Å²) in [6, 6.07) is 0. The molecule has 6 aliphatic carbocycles. The normalized spacial score (nSPS) is 45.2. The Morgan fingerprint density at radius 1 is 0.942 bits per heavy atom. The van der Waals surface area contributed by atoms with E-state index >= 15 is 0 Å². The van der Waals surface area contributed by atoms with Gasteiger partial charge in [0, 0.05) is 31.7 Å². The molecule has 7 aliphatic rings. The van der Waals surface area contributed by atoms with E-state index in [1.54, 1.807) is 0 Å². The van der Waals surface area contributed by atoms with Crippen LogP contribution in [0.15, 0.2) is 35.5 Å². The number of carboxylic acid groups (broad SMARTS) is 1. The van der Waals surface area contributed by atoms with Crippen molar-refractivity contribution in [3.63, 3.8) is 0 Å². The number of hydrogen-bond acceptors (Lipinski definition) is 5. The number of nitrogens with zero attached hydrogens (tertiary/aromatic N) is 1. The molecule has 6 nitrogen and oxygen atoms in total. The maximum Gasteiger partial charge on any atom is 0.312 e. The average Bonchev–Trinajstić information content (AvgIpc) is 3.46. The minimum absolute atomic E-state index is 0. The fourth-order valence-corrected chi connectivity index (χ4v) is 15.8. The van der Waals surface area contributed by atoms with Crippen LogP contribution in [0.5, 0.6) is 0 Å². The molecule has 9 heteroatoms. The van der Waals surface area contributed by atoms with Gasteiger partial charge in [0.15, 0.2) is 9.84 Å². The van der Waals surface area contributed by atoms with Gasteiger partial charge in [-0.15, -0.1) is 12.4 Å². The second-order valence-electron chi connectivity index (χ2n) is 20.0. The lowest BCUT2D eigenvalue weighted by Crippen LogP contribution is -2.68. The van der Waals surface area contributed by atoms with Crippen LogP contribution in [0.1, 0.15) is 119 Å². The molecule has 0 spiro atoms. The van der Waals surface area contributed by atoms with E-state index < -0.39 is 27.9 Å². The van der Waals surface area contributed by atoms with Crippen LogP contribution in [0.4, 0.5) is 4.39 Å². The minimum Gasteiger partial charge on any atom is -0.481 e. The molecule has 0 aromatic carbocycles. The molecule has 52 heavy (non-hydrogen) atoms. The van der Waals surface area contributed by atoms with Crippen molar-refractivity contribution in [1.29, 1.82) is 0 Å². The molecule has 10 atom stereocenters. The SMILES string of the molecule is C=C(C)[C@@H]1CC[C@]2(NCCN3CCS(=O)(=O)CC3)CC[C@]3(C)[C@H](CC[C@@H]4[C@@]5(C)CC=C(C6=CC[C@@](CF)(C(=O)O)CC6)C(C)(C)[C@@H]5CC[C@]43C)[C@@H]12.Cl. The van der Waals surface area contributed by atoms with E-state index in [1.165, 1.54) is 68.1 Å². The molecule has 0 bridgehead atoms. The highest BCUT2D eigenvalue weighted by Gasteiger charge is 2.70. The van der Waals surface area contributed by atoms with Gasteiger partial charge in [0.05, 0.1) is 16.9 Å². The first kappa shape index (κ1) is 40.4. The third-order valence-corrected chi connectivity index (χ3v) is 19.3. The summed E-state index contributed by atoms with van der Waals surface area (Å²) in [5, 5.41) is 14.0. The summed E-state index contributed by atoms with van der Waals surface area (Å²) in [6.45, 7) is 22.1. The topological polar surface area (TPSA) is 86.7 Å². The van der Waals surface area contributed by atoms with Crippen LogP contribution in [-0.4, -0.2) is 74.3 Å². The van der Waals surface area contributed by atoms with Crippen LogP contribution in [-0.2, 0) is 14.6 Å². The summed E-state index contributed by atoms with van der Waals surface area (Å²) in [5.41, 5.74) is 3.60. The summed E-state index contributed by atoms with van der Waals surface area (Å²) >= 11 is 0. The van der Waals surface area contributed by atoms with E-state index in [9.17, 15) is 22.7 Å². The van der Waals surface area contributed by atoms with Gasteiger partial charge in [-0.3, -0.25) is 4.79 Å². The van der Waals surface area contributed by atoms with Crippen LogP contribution in [0, 0.1) is 56.7 Å². The van der Waals surface area contributed by atoms with E-state index in [4.69, 9.17) is 0 Å². The lowest BCUT2D eigenvalue weighted by Gasteiger charge is -2.72. The van der Waals surface area contributed by atoms with Gasteiger partial charge in [0.1, 0.15) is 6.67 Å². The first-order chi connectivity index (χ1) is 23.9. The fourth-order valence-electron chi connectivity index (χ4n) is 14.6. The second-order valence-corrected chi connectivity index (χ2v) is 22.3. The third-order valence-electron chi connectivity index (χ3n) is 17.7. The molecule has 1 heterocycles. The van der Waals surface area contributed by atoms with Crippen molar-refractivity contribution in [1.82, 2.24) is 10.2 Å². The molecule has 1 saturated heterocycles. The monoisotopic (exact) mass is 762 g/mol. The standard InChI is InChI=1S/C43H67FN2O4S.ClH/c1-29(2)31-12-19-43(45-22-23-46-24-26-51(49,50)27-25-46)21-20-40(6)33(36(31)43)8-9-35-39(5)15-13-32(38(3,4)34(39)14-16-41(35,40)7)30-10-17-42(28-44,18-11-30)37(47)48;/h10,13,31,33-36,45H,1,8-9,11-12,14-28H2,2-7H3,(H,47,48);1H/t31-,33+,34-,35+,36+,39-,40+,41+,42+,43-;/m0./s1. The smallest absolute Gasteiger partial charge is 0.312 e. The van der Waals surface area contributed by atoms with Gasteiger partial charge in [-0.25, -0.2) is 12.8 Å². The molecule has 294 valence electrons. The summed E-state index contributed by atoms with van der Waals surface area (Å²) in [7, 11) is -2.87. The average molecular weight is 764 g/mol. The molecule has 5 fully saturated rings. The van der Waals surface area contributed by atoms with Crippen LogP contribution < -0.4 is 5.32 Å². The molecular weight excluding hydrogens is 695 g/mol. The largest absolute Gasteiger partial charge is 0.481 e. The molecule has 4 saturated carbocycles. The van der Waals surface area contributed by atoms with Crippen LogP contribution >= 0.6 is 12.4 Å². The molecule has 0 aromatic heterocycles. The lowest BCUT2D eigenvalue weighted by atomic mass is 9.33. The van der Waals surface area contributed by atoms with E-state index in [1.807, 2.05) is 0 Å². The number of aliphatic carboxylic acids is 1. The van der Waals surface area contributed by atoms with Crippen molar-refractivity contribution >= 4 is 28.2 Å². The highest BCUT2D eigenvalue weighted by Crippen LogP contribution is 2.76. The number of carboxylic acids is 1. The number of fused-ring (bicyclic) bond motifs is 7. The zero-order valence-corrected chi connectivity index (χ0v) is 34.6. The Hall–Kier alpha value is -1.22. The highest BCUT2D eigenvalue weighted by atomic mass is 35.5. The predicted octanol–water partition coefficient (Wildman–Crippen LogP) is 8.83. The maximum atomic E-state index is 14.0. The van der Waals surface area contributed by atoms with E-state index in [0.29, 0.717) is 67.0 Å². The highest BCUT2D eigenvalue weighted by molar-refractivity contribution is 7.91. The van der Waals surface area contributed by atoms with Crippen molar-refractivity contribution in [2.75, 3.05) is 44.4 Å². The zero-order valence-electron chi connectivity index (χ0n) is 33.0. The van der Waals surface area contributed by atoms with Gasteiger partial charge in [-0.05, 0) is 146 Å². The predicted molar refractivity (Wildman–Crippen MR) is 211 cm³/mol. The Bertz CT molecular complexity index is 1600. The number of sulfone groups is 1. The fraction of sp³-hybridized carbons (Fsp3) is 0.837. The number of hydrogen-bond donors (Lipinski definition) is 2. The van der Waals surface area contributed by atoms with Gasteiger partial charge < -0.3 is 15.3 Å². The van der Waals surface area contributed by atoms with Gasteiger partial charge in [-0.2, -0.15) is 0 Å². The zero-order chi connectivity index (χ0) is 36.8. The van der Waals surface area contributed by atoms with Gasteiger partial charge in [0.2, 0.25) is 0 Å². The van der Waals surface area contributed by atoms with Crippen molar-refractivity contribution < 1.29 is 22.7 Å². The van der Waals surface area contributed by atoms with E-state index in [0.717, 1.165) is 19.5 Å². The van der Waals surface area contributed by atoms with Gasteiger partial charge in [-0.1, -0.05) is 58.9 Å². The van der Waals surface area contributed by atoms with Crippen molar-refractivity contribution in [3.8, 4) is 0 Å². The van der Waals surface area contributed by atoms with Crippen LogP contribution in [0.3, 0.4) is 0 Å². The summed E-state index contributed by atoms with van der Waals surface area (Å²) in [4.78, 5) is 14.3. The first-order valence-corrected chi connectivity index (χ1v) is 22.2. The maximum absolute atomic E-state index is 14.0. The molecule has 7 rings (SSSR count). The van der Waals surface area contributed by atoms with Gasteiger partial charge >= 0.3 is 5.97 Å². The van der Waals surface area contributed by atoms with E-state index in [-0.39, 0.29) is 46.0 Å². The molecule has 0 aromatic rings. The van der Waals surface area contributed by atoms with E-state index in [2.05, 4.69) is 70.5 Å². The number of carbonyl (C=O) groups is 1. The third kappa shape index (κ3) is 6.04. The Morgan fingerprint density at radius 2 is 1.65 bits per heavy atom. The second kappa shape index (κ2) is 13.8. The number of allylic oxidation sites excluding steroid dienone is 5. The summed E-state index contributed by atoms with van der Waals surface area (Å²) in [6.07, 6.45) is 16.9. The van der Waals surface area contributed by atoms with Gasteiger partial charge in [0.25, 0.3) is 0 Å². The molecular formula is C43H68ClFN2O4S. The number of alkyl halides is 1. The quantitative estimate of drug-likeness (QED) is 0.241. The number of halogens is 2. The molecule has 0 radical (unpaired) electrons. The number of rotatable bonds is 8. The van der Waals surface area contributed by atoms with Crippen molar-refractivity contribution in [3.05, 3.63) is 35.5 Å². The summed E-state index contributed by atoms with van der Waals surface area (Å²) < 4.78 is 38.0. The van der Waals surface area contributed by atoms with Crippen molar-refractivity contribution in [2.45, 2.75) is 124 Å². The Morgan fingerprint density at radius 3 is 2.27 bits per heavy atom. The van der Waals surface area contributed by atoms with Crippen LogP contribution in [0.25, 0.3) is 0 Å².